The van der Waals surface area contributed by atoms with E-state index in [-0.39, 0.29) is 5.91 Å². The van der Waals surface area contributed by atoms with Gasteiger partial charge in [-0.2, -0.15) is 0 Å². The van der Waals surface area contributed by atoms with Crippen molar-refractivity contribution < 1.29 is 9.63 Å². The van der Waals surface area contributed by atoms with Crippen molar-refractivity contribution in [2.45, 2.75) is 25.9 Å². The van der Waals surface area contributed by atoms with Gasteiger partial charge in [-0.25, -0.2) is 4.98 Å². The Hall–Kier alpha value is -1.73. The van der Waals surface area contributed by atoms with E-state index in [1.165, 1.54) is 11.3 Å². The maximum atomic E-state index is 12.2. The van der Waals surface area contributed by atoms with Gasteiger partial charge in [-0.3, -0.25) is 4.79 Å². The number of nitrogens with one attached hydrogen (secondary N) is 1. The molecule has 110 valence electrons. The molecule has 0 fully saturated rings. The molecule has 2 aromatic heterocycles. The number of nitrogens with zero attached hydrogens (tertiary/aromatic N) is 2. The first-order chi connectivity index (χ1) is 10.1. The predicted octanol–water partition coefficient (Wildman–Crippen LogP) is 3.16. The molecule has 5 nitrogen and oxygen atoms in total. The van der Waals surface area contributed by atoms with Gasteiger partial charge < -0.3 is 10.2 Å². The number of rotatable bonds is 4. The Morgan fingerprint density at radius 2 is 2.38 bits per heavy atom. The summed E-state index contributed by atoms with van der Waals surface area (Å²) in [6.07, 6.45) is 0.727. The Labute approximate surface area is 130 Å². The van der Waals surface area contributed by atoms with Crippen LogP contribution in [0.5, 0.6) is 0 Å². The molecule has 1 N–H and O–H groups in total. The zero-order valence-electron chi connectivity index (χ0n) is 11.8. The van der Waals surface area contributed by atoms with Crippen molar-refractivity contribution in [3.05, 3.63) is 28.6 Å². The Morgan fingerprint density at radius 1 is 1.52 bits per heavy atom. The van der Waals surface area contributed by atoms with Gasteiger partial charge in [0.2, 0.25) is 0 Å². The number of hydrogen-bond acceptors (Lipinski definition) is 6. The van der Waals surface area contributed by atoms with Gasteiger partial charge in [0, 0.05) is 11.8 Å². The summed E-state index contributed by atoms with van der Waals surface area (Å²) in [6, 6.07) is 3.97. The van der Waals surface area contributed by atoms with Crippen LogP contribution >= 0.6 is 22.7 Å². The molecule has 3 heterocycles. The summed E-state index contributed by atoms with van der Waals surface area (Å²) in [4.78, 5) is 23.0. The minimum absolute atomic E-state index is 0.177. The molecule has 0 bridgehead atoms. The van der Waals surface area contributed by atoms with E-state index in [1.807, 2.05) is 31.4 Å². The second-order valence-electron chi connectivity index (χ2n) is 5.24. The van der Waals surface area contributed by atoms with E-state index < -0.39 is 5.60 Å². The molecule has 0 saturated carbocycles. The summed E-state index contributed by atoms with van der Waals surface area (Å²) < 4.78 is 0. The van der Waals surface area contributed by atoms with Crippen LogP contribution in [0.1, 0.15) is 30.8 Å². The molecule has 0 aromatic carbocycles. The number of hydrogen-bond donors (Lipinski definition) is 1. The van der Waals surface area contributed by atoms with Crippen LogP contribution in [0.3, 0.4) is 0 Å². The third kappa shape index (κ3) is 3.14. The third-order valence-corrected chi connectivity index (χ3v) is 5.02. The van der Waals surface area contributed by atoms with Crippen molar-refractivity contribution in [2.75, 3.05) is 6.54 Å². The second kappa shape index (κ2) is 5.57. The Bertz CT molecular complexity index is 678. The van der Waals surface area contributed by atoms with Gasteiger partial charge in [0.25, 0.3) is 5.91 Å². The third-order valence-electron chi connectivity index (χ3n) is 3.14. The Morgan fingerprint density at radius 3 is 3.05 bits per heavy atom. The molecule has 7 heteroatoms. The summed E-state index contributed by atoms with van der Waals surface area (Å²) in [5.74, 6) is -0.177. The number of carbonyl (C=O) groups excluding carboxylic acids is 1. The number of oxime groups is 1. The van der Waals surface area contributed by atoms with E-state index in [2.05, 4.69) is 15.5 Å². The minimum atomic E-state index is -0.452. The minimum Gasteiger partial charge on any atom is -0.387 e. The smallest absolute Gasteiger partial charge is 0.270 e. The van der Waals surface area contributed by atoms with E-state index in [4.69, 9.17) is 4.84 Å². The monoisotopic (exact) mass is 321 g/mol. The van der Waals surface area contributed by atoms with Gasteiger partial charge in [0.05, 0.1) is 17.1 Å². The lowest BCUT2D eigenvalue weighted by atomic mass is 10.0. The van der Waals surface area contributed by atoms with Gasteiger partial charge in [-0.15, -0.1) is 22.7 Å². The SMILES string of the molecule is CC1=NOC(C)(CNC(=O)c2csc(-c3cccs3)n2)C1. The summed E-state index contributed by atoms with van der Waals surface area (Å²) in [5, 5.41) is 11.5. The fourth-order valence-corrected chi connectivity index (χ4v) is 3.75. The van der Waals surface area contributed by atoms with Crippen molar-refractivity contribution in [3.63, 3.8) is 0 Å². The molecule has 1 unspecified atom stereocenters. The first-order valence-electron chi connectivity index (χ1n) is 6.55. The van der Waals surface area contributed by atoms with Crippen molar-refractivity contribution >= 4 is 34.3 Å². The average molecular weight is 321 g/mol. The zero-order chi connectivity index (χ0) is 14.9. The zero-order valence-corrected chi connectivity index (χ0v) is 13.4. The van der Waals surface area contributed by atoms with Crippen LogP contribution in [0.2, 0.25) is 0 Å². The summed E-state index contributed by atoms with van der Waals surface area (Å²) in [5.41, 5.74) is 0.940. The van der Waals surface area contributed by atoms with Crippen LogP contribution in [-0.2, 0) is 4.84 Å². The van der Waals surface area contributed by atoms with Crippen LogP contribution in [0.25, 0.3) is 9.88 Å². The maximum absolute atomic E-state index is 12.2. The fraction of sp³-hybridized carbons (Fsp3) is 0.357. The van der Waals surface area contributed by atoms with Gasteiger partial charge >= 0.3 is 0 Å². The van der Waals surface area contributed by atoms with Gasteiger partial charge in [0.1, 0.15) is 10.7 Å². The first kappa shape index (κ1) is 14.2. The van der Waals surface area contributed by atoms with Crippen LogP contribution in [0.4, 0.5) is 0 Å². The molecule has 1 aliphatic rings. The standard InChI is InChI=1S/C14H15N3O2S2/c1-9-6-14(2,19-17-9)8-15-12(18)10-7-21-13(16-10)11-4-3-5-20-11/h3-5,7H,6,8H2,1-2H3,(H,15,18). The second-order valence-corrected chi connectivity index (χ2v) is 7.05. The molecule has 0 radical (unpaired) electrons. The lowest BCUT2D eigenvalue weighted by Crippen LogP contribution is -2.40. The highest BCUT2D eigenvalue weighted by Gasteiger charge is 2.33. The average Bonchev–Trinajstić information content (AvgIpc) is 3.16. The predicted molar refractivity (Wildman–Crippen MR) is 85.0 cm³/mol. The summed E-state index contributed by atoms with van der Waals surface area (Å²) >= 11 is 3.09. The Kier molecular flexibility index (Phi) is 3.77. The van der Waals surface area contributed by atoms with Crippen molar-refractivity contribution in [1.29, 1.82) is 0 Å². The normalized spacial score (nSPS) is 21.0. The highest BCUT2D eigenvalue weighted by atomic mass is 32.1. The molecule has 2 aromatic rings. The number of carbonyl (C=O) groups is 1. The quantitative estimate of drug-likeness (QED) is 0.941. The van der Waals surface area contributed by atoms with Crippen LogP contribution in [0.15, 0.2) is 28.0 Å². The topological polar surface area (TPSA) is 63.6 Å². The molecule has 0 aliphatic carbocycles. The highest BCUT2D eigenvalue weighted by molar-refractivity contribution is 7.20. The van der Waals surface area contributed by atoms with E-state index in [1.54, 1.807) is 16.7 Å². The number of thiophene rings is 1. The number of thiazole rings is 1. The molecule has 21 heavy (non-hydrogen) atoms. The number of aromatic nitrogens is 1. The van der Waals surface area contributed by atoms with Crippen LogP contribution in [0, 0.1) is 0 Å². The van der Waals surface area contributed by atoms with Crippen LogP contribution < -0.4 is 5.32 Å². The largest absolute Gasteiger partial charge is 0.387 e. The van der Waals surface area contributed by atoms with Crippen molar-refractivity contribution in [2.24, 2.45) is 5.16 Å². The van der Waals surface area contributed by atoms with Crippen molar-refractivity contribution in [1.82, 2.24) is 10.3 Å². The van der Waals surface area contributed by atoms with E-state index in [0.717, 1.165) is 22.0 Å². The molecular formula is C14H15N3O2S2. The Balaban J connectivity index is 1.61. The van der Waals surface area contributed by atoms with Gasteiger partial charge in [-0.05, 0) is 25.3 Å². The molecule has 0 spiro atoms. The molecule has 1 atom stereocenters. The number of amides is 1. The van der Waals surface area contributed by atoms with Gasteiger partial charge in [0.15, 0.2) is 5.60 Å². The fourth-order valence-electron chi connectivity index (χ4n) is 2.14. The molecule has 0 saturated heterocycles. The lowest BCUT2D eigenvalue weighted by molar-refractivity contribution is -0.00184. The summed E-state index contributed by atoms with van der Waals surface area (Å²) in [6.45, 7) is 4.27. The summed E-state index contributed by atoms with van der Waals surface area (Å²) in [7, 11) is 0. The first-order valence-corrected chi connectivity index (χ1v) is 8.31. The molecular weight excluding hydrogens is 306 g/mol. The van der Waals surface area contributed by atoms with Crippen LogP contribution in [-0.4, -0.2) is 28.7 Å². The molecule has 3 rings (SSSR count). The van der Waals surface area contributed by atoms with Gasteiger partial charge in [-0.1, -0.05) is 11.2 Å². The molecule has 1 amide bonds. The van der Waals surface area contributed by atoms with Crippen molar-refractivity contribution in [3.8, 4) is 9.88 Å². The highest BCUT2D eigenvalue weighted by Crippen LogP contribution is 2.28. The molecule has 1 aliphatic heterocycles. The van der Waals surface area contributed by atoms with E-state index in [0.29, 0.717) is 12.2 Å². The lowest BCUT2D eigenvalue weighted by Gasteiger charge is -2.21. The van der Waals surface area contributed by atoms with E-state index >= 15 is 0 Å². The van der Waals surface area contributed by atoms with E-state index in [9.17, 15) is 4.79 Å². The maximum Gasteiger partial charge on any atom is 0.270 e.